The van der Waals surface area contributed by atoms with Crippen LogP contribution in [-0.2, 0) is 20.0 Å². The van der Waals surface area contributed by atoms with Gasteiger partial charge >= 0.3 is 0 Å². The van der Waals surface area contributed by atoms with Crippen LogP contribution >= 0.6 is 23.2 Å². The molecule has 5 N–H and O–H groups in total. The molecule has 2 heterocycles. The molecule has 12 nitrogen and oxygen atoms in total. The Morgan fingerprint density at radius 1 is 0.744 bits per heavy atom. The first-order chi connectivity index (χ1) is 20.4. The third kappa shape index (κ3) is 13.8. The predicted molar refractivity (Wildman–Crippen MR) is 167 cm³/mol. The highest BCUT2D eigenvalue weighted by molar-refractivity contribution is 7.89. The van der Waals surface area contributed by atoms with Gasteiger partial charge in [-0.2, -0.15) is 18.4 Å². The van der Waals surface area contributed by atoms with Gasteiger partial charge in [-0.3, -0.25) is 20.6 Å². The Kier molecular flexibility index (Phi) is 16.2. The van der Waals surface area contributed by atoms with E-state index >= 15 is 0 Å². The van der Waals surface area contributed by atoms with Crippen LogP contribution in [0.25, 0.3) is 0 Å². The number of aliphatic hydroxyl groups is 1. The highest BCUT2D eigenvalue weighted by Gasteiger charge is 2.12. The smallest absolute Gasteiger partial charge is 0.276 e. The molecule has 2 aromatic heterocycles. The minimum absolute atomic E-state index is 0.152. The van der Waals surface area contributed by atoms with Crippen molar-refractivity contribution in [2.24, 2.45) is 10.9 Å². The maximum atomic E-state index is 11.9. The number of carbonyl (C=O) groups excluding carboxylic acids is 1. The van der Waals surface area contributed by atoms with Gasteiger partial charge < -0.3 is 5.11 Å². The summed E-state index contributed by atoms with van der Waals surface area (Å²) in [5.74, 6) is 4.84. The predicted octanol–water partition coefficient (Wildman–Crippen LogP) is 3.66. The van der Waals surface area contributed by atoms with Gasteiger partial charge in [-0.05, 0) is 62.4 Å². The molecule has 0 amide bonds. The number of nitrogens with one attached hydrogen (secondary N) is 2. The van der Waals surface area contributed by atoms with E-state index in [0.717, 1.165) is 18.2 Å². The summed E-state index contributed by atoms with van der Waals surface area (Å²) in [6, 6.07) is 19.2. The van der Waals surface area contributed by atoms with Crippen LogP contribution in [0.2, 0.25) is 10.0 Å². The van der Waals surface area contributed by atoms with Crippen LogP contribution in [-0.4, -0.2) is 51.5 Å². The molecular weight excluding hydrogens is 639 g/mol. The summed E-state index contributed by atoms with van der Waals surface area (Å²) in [5.41, 5.74) is 2.81. The molecule has 0 bridgehead atoms. The van der Waals surface area contributed by atoms with Gasteiger partial charge in [-0.15, -0.1) is 0 Å². The molecule has 16 heteroatoms. The van der Waals surface area contributed by atoms with E-state index in [-0.39, 0.29) is 9.79 Å². The van der Waals surface area contributed by atoms with Crippen LogP contribution in [0.5, 0.6) is 0 Å². The van der Waals surface area contributed by atoms with Crippen LogP contribution in [0, 0.1) is 13.8 Å². The van der Waals surface area contributed by atoms with Gasteiger partial charge in [0.2, 0.25) is 0 Å². The van der Waals surface area contributed by atoms with E-state index in [9.17, 15) is 21.6 Å². The van der Waals surface area contributed by atoms with Gasteiger partial charge in [0.1, 0.15) is 5.69 Å². The van der Waals surface area contributed by atoms with Crippen molar-refractivity contribution in [2.45, 2.75) is 23.6 Å². The lowest BCUT2D eigenvalue weighted by molar-refractivity contribution is 0.111. The molecule has 0 radical (unpaired) electrons. The molecule has 4 aromatic rings. The topological polar surface area (TPSA) is 194 Å². The fourth-order valence-corrected chi connectivity index (χ4v) is 4.45. The third-order valence-corrected chi connectivity index (χ3v) is 7.71. The number of rotatable bonds is 7. The third-order valence-electron chi connectivity index (χ3n) is 4.79. The molecular formula is C27H30Cl2N6O6S2. The second kappa shape index (κ2) is 18.7. The van der Waals surface area contributed by atoms with Crippen molar-refractivity contribution in [1.82, 2.24) is 19.6 Å². The maximum absolute atomic E-state index is 11.9. The molecule has 0 saturated heterocycles. The summed E-state index contributed by atoms with van der Waals surface area (Å²) in [4.78, 5) is 21.9. The highest BCUT2D eigenvalue weighted by atomic mass is 35.5. The Labute approximate surface area is 260 Å². The molecule has 0 unspecified atom stereocenters. The number of aldehydes is 1. The van der Waals surface area contributed by atoms with E-state index in [1.807, 2.05) is 13.8 Å². The van der Waals surface area contributed by atoms with E-state index in [2.05, 4.69) is 19.9 Å². The lowest BCUT2D eigenvalue weighted by atomic mass is 10.2. The second-order valence-electron chi connectivity index (χ2n) is 8.02. The largest absolute Gasteiger partial charge is 0.400 e. The Bertz CT molecular complexity index is 1690. The number of pyridine rings is 2. The van der Waals surface area contributed by atoms with E-state index in [1.165, 1.54) is 48.9 Å². The lowest BCUT2D eigenvalue weighted by Gasteiger charge is -2.03. The number of halogens is 2. The number of hydrogen-bond donors (Lipinski definition) is 4. The standard InChI is InChI=1S/C13H12ClN3O2S.C7H10N2O2S.C6H4ClNO.CH4O/c1-10-2-4-13(5-3-10)20(18,19)17-16-9-12-8-11(14)6-7-15-12;1-6-2-4-7(5-3-6)12(10,11)9-8;7-5-1-2-8-6(3-5)4-9;1-2/h2-9,17H,1H3;2-5,9H,8H2,1H3;1-4H;2H,1H3/b16-9+;;;. The zero-order valence-corrected chi connectivity index (χ0v) is 26.4. The Balaban J connectivity index is 0.000000342. The first-order valence-corrected chi connectivity index (χ1v) is 15.6. The SMILES string of the molecule is CO.Cc1ccc(S(=O)(=O)N/N=C/c2cc(Cl)ccn2)cc1.Cc1ccc(S(=O)(=O)NN)cc1.O=Cc1cc(Cl)ccn1. The molecule has 0 spiro atoms. The van der Waals surface area contributed by atoms with Gasteiger partial charge in [0.25, 0.3) is 20.0 Å². The van der Waals surface area contributed by atoms with Crippen molar-refractivity contribution in [3.8, 4) is 0 Å². The number of hydrazine groups is 1. The van der Waals surface area contributed by atoms with Crippen molar-refractivity contribution in [3.63, 3.8) is 0 Å². The summed E-state index contributed by atoms with van der Waals surface area (Å²) >= 11 is 11.3. The van der Waals surface area contributed by atoms with Crippen LogP contribution in [0.1, 0.15) is 27.3 Å². The van der Waals surface area contributed by atoms with Crippen LogP contribution < -0.4 is 15.5 Å². The van der Waals surface area contributed by atoms with E-state index < -0.39 is 20.0 Å². The average Bonchev–Trinajstić information content (AvgIpc) is 2.99. The van der Waals surface area contributed by atoms with Crippen molar-refractivity contribution in [2.75, 3.05) is 7.11 Å². The van der Waals surface area contributed by atoms with Crippen LogP contribution in [0.3, 0.4) is 0 Å². The van der Waals surface area contributed by atoms with E-state index in [0.29, 0.717) is 27.7 Å². The fraction of sp³-hybridized carbons (Fsp3) is 0.111. The van der Waals surface area contributed by atoms with Gasteiger partial charge in [-0.25, -0.2) is 13.2 Å². The number of benzene rings is 2. The van der Waals surface area contributed by atoms with Crippen molar-refractivity contribution < 1.29 is 26.7 Å². The number of aromatic nitrogens is 2. The molecule has 43 heavy (non-hydrogen) atoms. The number of aliphatic hydroxyl groups excluding tert-OH is 1. The monoisotopic (exact) mass is 668 g/mol. The zero-order valence-electron chi connectivity index (χ0n) is 23.2. The molecule has 0 atom stereocenters. The minimum atomic E-state index is -3.67. The molecule has 230 valence electrons. The van der Waals surface area contributed by atoms with Gasteiger partial charge in [-0.1, -0.05) is 58.6 Å². The molecule has 0 aliphatic rings. The summed E-state index contributed by atoms with van der Waals surface area (Å²) in [5, 5.41) is 11.7. The van der Waals surface area contributed by atoms with Crippen LogP contribution in [0.4, 0.5) is 0 Å². The van der Waals surface area contributed by atoms with Crippen molar-refractivity contribution >= 4 is 55.7 Å². The van der Waals surface area contributed by atoms with Gasteiger partial charge in [0, 0.05) is 29.5 Å². The maximum Gasteiger partial charge on any atom is 0.276 e. The summed E-state index contributed by atoms with van der Waals surface area (Å²) in [7, 11) is -6.15. The molecule has 0 fully saturated rings. The Hall–Kier alpha value is -3.76. The second-order valence-corrected chi connectivity index (χ2v) is 12.3. The molecule has 4 rings (SSSR count). The quantitative estimate of drug-likeness (QED) is 0.0983. The number of sulfonamides is 2. The minimum Gasteiger partial charge on any atom is -0.400 e. The molecule has 0 saturated carbocycles. The normalized spacial score (nSPS) is 10.7. The van der Waals surface area contributed by atoms with E-state index in [1.54, 1.807) is 47.3 Å². The van der Waals surface area contributed by atoms with Crippen molar-refractivity contribution in [1.29, 1.82) is 0 Å². The van der Waals surface area contributed by atoms with Gasteiger partial charge in [0.15, 0.2) is 6.29 Å². The lowest BCUT2D eigenvalue weighted by Crippen LogP contribution is -2.30. The molecule has 0 aliphatic heterocycles. The fourth-order valence-electron chi connectivity index (χ4n) is 2.69. The summed E-state index contributed by atoms with van der Waals surface area (Å²) in [6.45, 7) is 3.76. The number of hydrogen-bond acceptors (Lipinski definition) is 10. The number of nitrogens with two attached hydrogens (primary N) is 1. The first kappa shape index (κ1) is 37.3. The molecule has 2 aromatic carbocycles. The number of carbonyl (C=O) groups is 1. The van der Waals surface area contributed by atoms with Crippen molar-refractivity contribution in [3.05, 3.63) is 118 Å². The number of hydrazone groups is 1. The van der Waals surface area contributed by atoms with Gasteiger partial charge in [0.05, 0.1) is 21.7 Å². The van der Waals surface area contributed by atoms with Crippen LogP contribution in [0.15, 0.2) is 100 Å². The van der Waals surface area contributed by atoms with E-state index in [4.69, 9.17) is 34.2 Å². The summed E-state index contributed by atoms with van der Waals surface area (Å²) < 4.78 is 46.0. The Morgan fingerprint density at radius 3 is 1.56 bits per heavy atom. The number of nitrogens with zero attached hydrogens (tertiary/aromatic N) is 3. The summed E-state index contributed by atoms with van der Waals surface area (Å²) in [6.07, 6.45) is 4.95. The number of aryl methyl sites for hydroxylation is 2. The Morgan fingerprint density at radius 2 is 1.16 bits per heavy atom. The zero-order chi connectivity index (χ0) is 32.5. The molecule has 0 aliphatic carbocycles. The highest BCUT2D eigenvalue weighted by Crippen LogP contribution is 2.11. The average molecular weight is 670 g/mol. The first-order valence-electron chi connectivity index (χ1n) is 11.9.